The molecule has 0 radical (unpaired) electrons. The van der Waals surface area contributed by atoms with Gasteiger partial charge in [-0.2, -0.15) is 0 Å². The zero-order valence-electron chi connectivity index (χ0n) is 12.8. The zero-order chi connectivity index (χ0) is 15.4. The first kappa shape index (κ1) is 16.0. The van der Waals surface area contributed by atoms with Crippen LogP contribution < -0.4 is 5.32 Å². The Hall–Kier alpha value is -1.40. The molecule has 0 spiro atoms. The standard InChI is InChI=1S/C15H22N2O3S/c1-4-20-15(19)13-10(2)11(3)21-14(13)16-12(18)9-17-7-5-6-8-17/h4-9H2,1-3H3,(H,16,18). The van der Waals surface area contributed by atoms with Crippen LogP contribution in [0.1, 0.15) is 40.6 Å². The summed E-state index contributed by atoms with van der Waals surface area (Å²) in [7, 11) is 0. The molecule has 1 aliphatic heterocycles. The highest BCUT2D eigenvalue weighted by Gasteiger charge is 2.23. The Bertz CT molecular complexity index is 533. The first-order chi connectivity index (χ1) is 10.0. The van der Waals surface area contributed by atoms with E-state index in [9.17, 15) is 9.59 Å². The van der Waals surface area contributed by atoms with E-state index in [1.54, 1.807) is 6.92 Å². The highest BCUT2D eigenvalue weighted by atomic mass is 32.1. The fraction of sp³-hybridized carbons (Fsp3) is 0.600. The summed E-state index contributed by atoms with van der Waals surface area (Å²) in [6.45, 7) is 8.26. The number of ether oxygens (including phenoxy) is 1. The van der Waals surface area contributed by atoms with Crippen LogP contribution in [0.3, 0.4) is 0 Å². The van der Waals surface area contributed by atoms with Gasteiger partial charge < -0.3 is 10.1 Å². The van der Waals surface area contributed by atoms with Gasteiger partial charge in [0.25, 0.3) is 0 Å². The molecule has 0 aliphatic carbocycles. The molecule has 2 rings (SSSR count). The number of aryl methyl sites for hydroxylation is 1. The molecule has 21 heavy (non-hydrogen) atoms. The summed E-state index contributed by atoms with van der Waals surface area (Å²) < 4.78 is 5.08. The lowest BCUT2D eigenvalue weighted by Gasteiger charge is -2.14. The summed E-state index contributed by atoms with van der Waals surface area (Å²) in [5, 5.41) is 3.48. The van der Waals surface area contributed by atoms with E-state index in [0.717, 1.165) is 36.4 Å². The Balaban J connectivity index is 2.09. The first-order valence-corrected chi connectivity index (χ1v) is 8.14. The van der Waals surface area contributed by atoms with Crippen LogP contribution >= 0.6 is 11.3 Å². The van der Waals surface area contributed by atoms with E-state index in [0.29, 0.717) is 23.7 Å². The normalized spacial score (nSPS) is 15.2. The molecule has 6 heteroatoms. The van der Waals surface area contributed by atoms with E-state index in [4.69, 9.17) is 4.74 Å². The number of nitrogens with one attached hydrogen (secondary N) is 1. The molecule has 1 aromatic rings. The van der Waals surface area contributed by atoms with E-state index < -0.39 is 0 Å². The minimum Gasteiger partial charge on any atom is -0.462 e. The molecule has 5 nitrogen and oxygen atoms in total. The van der Waals surface area contributed by atoms with E-state index in [1.165, 1.54) is 11.3 Å². The van der Waals surface area contributed by atoms with Crippen LogP contribution in [0.4, 0.5) is 5.00 Å². The van der Waals surface area contributed by atoms with E-state index >= 15 is 0 Å². The number of nitrogens with zero attached hydrogens (tertiary/aromatic N) is 1. The number of rotatable bonds is 5. The Morgan fingerprint density at radius 1 is 1.29 bits per heavy atom. The summed E-state index contributed by atoms with van der Waals surface area (Å²) in [6.07, 6.45) is 2.30. The average molecular weight is 310 g/mol. The van der Waals surface area contributed by atoms with Crippen molar-refractivity contribution in [1.29, 1.82) is 0 Å². The van der Waals surface area contributed by atoms with Crippen molar-refractivity contribution in [2.75, 3.05) is 31.6 Å². The molecule has 116 valence electrons. The molecule has 1 aliphatic rings. The Morgan fingerprint density at radius 2 is 1.95 bits per heavy atom. The second-order valence-corrected chi connectivity index (χ2v) is 6.46. The molecular formula is C15H22N2O3S. The Labute approximate surface area is 129 Å². The number of carbonyl (C=O) groups is 2. The number of carbonyl (C=O) groups excluding carboxylic acids is 2. The Kier molecular flexibility index (Phi) is 5.36. The number of hydrogen-bond acceptors (Lipinski definition) is 5. The summed E-state index contributed by atoms with van der Waals surface area (Å²) >= 11 is 1.43. The van der Waals surface area contributed by atoms with Crippen molar-refractivity contribution in [3.8, 4) is 0 Å². The molecule has 0 bridgehead atoms. The summed E-state index contributed by atoms with van der Waals surface area (Å²) in [4.78, 5) is 27.3. The van der Waals surface area contributed by atoms with Crippen molar-refractivity contribution in [2.24, 2.45) is 0 Å². The minimum atomic E-state index is -0.365. The van der Waals surface area contributed by atoms with Gasteiger partial charge in [-0.25, -0.2) is 4.79 Å². The fourth-order valence-electron chi connectivity index (χ4n) is 2.47. The minimum absolute atomic E-state index is 0.0660. The fourth-order valence-corrected chi connectivity index (χ4v) is 3.54. The molecule has 0 aromatic carbocycles. The van der Waals surface area contributed by atoms with Gasteiger partial charge >= 0.3 is 5.97 Å². The molecular weight excluding hydrogens is 288 g/mol. The first-order valence-electron chi connectivity index (χ1n) is 7.32. The van der Waals surface area contributed by atoms with Crippen LogP contribution in [0, 0.1) is 13.8 Å². The quantitative estimate of drug-likeness (QED) is 0.849. The van der Waals surface area contributed by atoms with Gasteiger partial charge in [-0.1, -0.05) is 0 Å². The molecule has 1 fully saturated rings. The number of likely N-dealkylation sites (tertiary alicyclic amines) is 1. The van der Waals surface area contributed by atoms with Gasteiger partial charge in [0.15, 0.2) is 0 Å². The van der Waals surface area contributed by atoms with E-state index in [2.05, 4.69) is 10.2 Å². The second kappa shape index (κ2) is 7.04. The lowest BCUT2D eigenvalue weighted by Crippen LogP contribution is -2.31. The number of anilines is 1. The van der Waals surface area contributed by atoms with Crippen molar-refractivity contribution >= 4 is 28.2 Å². The van der Waals surface area contributed by atoms with Gasteiger partial charge in [-0.15, -0.1) is 11.3 Å². The molecule has 1 saturated heterocycles. The molecule has 0 unspecified atom stereocenters. The van der Waals surface area contributed by atoms with Gasteiger partial charge in [0, 0.05) is 4.88 Å². The third kappa shape index (κ3) is 3.83. The highest BCUT2D eigenvalue weighted by molar-refractivity contribution is 7.16. The maximum Gasteiger partial charge on any atom is 0.341 e. The number of thiophene rings is 1. The highest BCUT2D eigenvalue weighted by Crippen LogP contribution is 2.33. The lowest BCUT2D eigenvalue weighted by molar-refractivity contribution is -0.117. The largest absolute Gasteiger partial charge is 0.462 e. The topological polar surface area (TPSA) is 58.6 Å². The van der Waals surface area contributed by atoms with Crippen LogP contribution in [-0.4, -0.2) is 43.0 Å². The molecule has 0 atom stereocenters. The van der Waals surface area contributed by atoms with Gasteiger partial charge in [0.2, 0.25) is 5.91 Å². The van der Waals surface area contributed by atoms with Crippen LogP contribution in [0.5, 0.6) is 0 Å². The zero-order valence-corrected chi connectivity index (χ0v) is 13.6. The maximum atomic E-state index is 12.1. The molecule has 1 amide bonds. The summed E-state index contributed by atoms with van der Waals surface area (Å²) in [5.74, 6) is -0.431. The van der Waals surface area contributed by atoms with Crippen LogP contribution in [0.25, 0.3) is 0 Å². The van der Waals surface area contributed by atoms with Crippen molar-refractivity contribution in [3.05, 3.63) is 16.0 Å². The molecule has 1 N–H and O–H groups in total. The summed E-state index contributed by atoms with van der Waals surface area (Å²) in [5.41, 5.74) is 1.38. The van der Waals surface area contributed by atoms with Crippen LogP contribution in [0.15, 0.2) is 0 Å². The maximum absolute atomic E-state index is 12.1. The predicted molar refractivity (Wildman–Crippen MR) is 84.1 cm³/mol. The monoisotopic (exact) mass is 310 g/mol. The van der Waals surface area contributed by atoms with Crippen molar-refractivity contribution < 1.29 is 14.3 Å². The van der Waals surface area contributed by atoms with Gasteiger partial charge in [0.1, 0.15) is 5.00 Å². The molecule has 1 aromatic heterocycles. The number of esters is 1. The third-order valence-corrected chi connectivity index (χ3v) is 4.81. The third-order valence-electron chi connectivity index (χ3n) is 3.68. The van der Waals surface area contributed by atoms with E-state index in [1.807, 2.05) is 13.8 Å². The summed E-state index contributed by atoms with van der Waals surface area (Å²) in [6, 6.07) is 0. The number of hydrogen-bond donors (Lipinski definition) is 1. The molecule has 2 heterocycles. The SMILES string of the molecule is CCOC(=O)c1c(NC(=O)CN2CCCC2)sc(C)c1C. The van der Waals surface area contributed by atoms with Crippen molar-refractivity contribution in [1.82, 2.24) is 4.90 Å². The Morgan fingerprint density at radius 3 is 2.57 bits per heavy atom. The molecule has 0 saturated carbocycles. The van der Waals surface area contributed by atoms with Crippen molar-refractivity contribution in [2.45, 2.75) is 33.6 Å². The van der Waals surface area contributed by atoms with Crippen molar-refractivity contribution in [3.63, 3.8) is 0 Å². The average Bonchev–Trinajstić information content (AvgIpc) is 2.99. The van der Waals surface area contributed by atoms with Crippen LogP contribution in [-0.2, 0) is 9.53 Å². The predicted octanol–water partition coefficient (Wildman–Crippen LogP) is 2.58. The lowest BCUT2D eigenvalue weighted by atomic mass is 10.1. The van der Waals surface area contributed by atoms with Crippen LogP contribution in [0.2, 0.25) is 0 Å². The number of amides is 1. The van der Waals surface area contributed by atoms with Gasteiger partial charge in [0.05, 0.1) is 18.7 Å². The van der Waals surface area contributed by atoms with E-state index in [-0.39, 0.29) is 11.9 Å². The smallest absolute Gasteiger partial charge is 0.341 e. The second-order valence-electron chi connectivity index (χ2n) is 5.24. The van der Waals surface area contributed by atoms with Gasteiger partial charge in [-0.05, 0) is 52.3 Å². The van der Waals surface area contributed by atoms with Gasteiger partial charge in [-0.3, -0.25) is 9.69 Å².